The van der Waals surface area contributed by atoms with Crippen molar-refractivity contribution in [1.82, 2.24) is 0 Å². The molecule has 21 heavy (non-hydrogen) atoms. The Morgan fingerprint density at radius 3 is 2.95 bits per heavy atom. The van der Waals surface area contributed by atoms with Gasteiger partial charge in [-0.25, -0.2) is 4.39 Å². The number of thiophene rings is 1. The summed E-state index contributed by atoms with van der Waals surface area (Å²) in [5.74, 6) is 0.813. The van der Waals surface area contributed by atoms with Gasteiger partial charge in [-0.15, -0.1) is 11.3 Å². The fraction of sp³-hybridized carbons (Fsp3) is 0.176. The van der Waals surface area contributed by atoms with Gasteiger partial charge >= 0.3 is 0 Å². The predicted octanol–water partition coefficient (Wildman–Crippen LogP) is 5.46. The number of benzene rings is 2. The molecule has 1 aromatic heterocycles. The van der Waals surface area contributed by atoms with Crippen LogP contribution < -0.4 is 4.74 Å². The molecule has 2 heterocycles. The zero-order valence-corrected chi connectivity index (χ0v) is 13.5. The molecule has 1 aliphatic rings. The quantitative estimate of drug-likeness (QED) is 0.550. The molecule has 0 bridgehead atoms. The maximum absolute atomic E-state index is 13.3. The number of rotatable bonds is 2. The first-order chi connectivity index (χ1) is 10.2. The van der Waals surface area contributed by atoms with Crippen LogP contribution in [0.4, 0.5) is 4.39 Å². The molecule has 4 heteroatoms. The SMILES string of the molecule is Fc1ccc2cc(C(Br)c3ccc4c(c3)CCO4)sc2c1. The number of hydrogen-bond acceptors (Lipinski definition) is 2. The molecular formula is C17H12BrFOS. The van der Waals surface area contributed by atoms with Gasteiger partial charge in [-0.2, -0.15) is 0 Å². The molecule has 0 fully saturated rings. The second-order valence-electron chi connectivity index (χ2n) is 5.16. The van der Waals surface area contributed by atoms with E-state index in [0.29, 0.717) is 0 Å². The number of hydrogen-bond donors (Lipinski definition) is 0. The Labute approximate surface area is 134 Å². The van der Waals surface area contributed by atoms with Crippen LogP contribution in [0, 0.1) is 5.82 Å². The molecular weight excluding hydrogens is 351 g/mol. The van der Waals surface area contributed by atoms with E-state index < -0.39 is 0 Å². The van der Waals surface area contributed by atoms with Crippen LogP contribution in [0.1, 0.15) is 20.8 Å². The summed E-state index contributed by atoms with van der Waals surface area (Å²) in [4.78, 5) is 1.32. The van der Waals surface area contributed by atoms with Gasteiger partial charge < -0.3 is 4.74 Å². The molecule has 0 amide bonds. The van der Waals surface area contributed by atoms with Gasteiger partial charge in [0.25, 0.3) is 0 Å². The second-order valence-corrected chi connectivity index (χ2v) is 7.19. The van der Waals surface area contributed by atoms with Crippen molar-refractivity contribution in [2.24, 2.45) is 0 Å². The number of ether oxygens (including phenoxy) is 1. The molecule has 0 aliphatic carbocycles. The average molecular weight is 363 g/mol. The molecule has 106 valence electrons. The highest BCUT2D eigenvalue weighted by Gasteiger charge is 2.18. The summed E-state index contributed by atoms with van der Waals surface area (Å²) in [6.07, 6.45) is 0.973. The van der Waals surface area contributed by atoms with E-state index in [1.54, 1.807) is 17.4 Å². The first-order valence-corrected chi connectivity index (χ1v) is 8.52. The van der Waals surface area contributed by atoms with Gasteiger partial charge in [0.15, 0.2) is 0 Å². The molecule has 3 aromatic rings. The Balaban J connectivity index is 1.73. The summed E-state index contributed by atoms with van der Waals surface area (Å²) in [6.45, 7) is 0.772. The maximum Gasteiger partial charge on any atom is 0.124 e. The highest BCUT2D eigenvalue weighted by molar-refractivity contribution is 9.09. The van der Waals surface area contributed by atoms with Crippen LogP contribution >= 0.6 is 27.3 Å². The van der Waals surface area contributed by atoms with Crippen LogP contribution in [0.15, 0.2) is 42.5 Å². The molecule has 0 N–H and O–H groups in total. The number of halogens is 2. The van der Waals surface area contributed by atoms with Crippen LogP contribution in [0.5, 0.6) is 5.75 Å². The molecule has 0 spiro atoms. The third-order valence-corrected chi connectivity index (χ3v) is 6.24. The summed E-state index contributed by atoms with van der Waals surface area (Å²) < 4.78 is 19.8. The van der Waals surface area contributed by atoms with E-state index in [4.69, 9.17) is 4.74 Å². The van der Waals surface area contributed by atoms with Crippen LogP contribution in [-0.4, -0.2) is 6.61 Å². The van der Waals surface area contributed by atoms with E-state index in [-0.39, 0.29) is 10.6 Å². The zero-order chi connectivity index (χ0) is 14.4. The van der Waals surface area contributed by atoms with E-state index in [0.717, 1.165) is 28.9 Å². The van der Waals surface area contributed by atoms with Crippen molar-refractivity contribution in [2.75, 3.05) is 6.61 Å². The number of fused-ring (bicyclic) bond motifs is 2. The highest BCUT2D eigenvalue weighted by Crippen LogP contribution is 2.40. The Morgan fingerprint density at radius 1 is 1.14 bits per heavy atom. The van der Waals surface area contributed by atoms with E-state index in [9.17, 15) is 4.39 Å². The minimum atomic E-state index is -0.184. The zero-order valence-electron chi connectivity index (χ0n) is 11.1. The highest BCUT2D eigenvalue weighted by atomic mass is 79.9. The molecule has 2 aromatic carbocycles. The summed E-state index contributed by atoms with van der Waals surface area (Å²) in [5, 5.41) is 1.09. The van der Waals surface area contributed by atoms with E-state index in [1.807, 2.05) is 12.1 Å². The summed E-state index contributed by atoms with van der Waals surface area (Å²) >= 11 is 5.40. The van der Waals surface area contributed by atoms with Gasteiger partial charge in [-0.05, 0) is 40.8 Å². The summed E-state index contributed by atoms with van der Waals surface area (Å²) in [6, 6.07) is 13.4. The number of alkyl halides is 1. The second kappa shape index (κ2) is 5.11. The van der Waals surface area contributed by atoms with E-state index in [2.05, 4.69) is 34.1 Å². The van der Waals surface area contributed by atoms with Crippen molar-refractivity contribution in [2.45, 2.75) is 11.2 Å². The summed E-state index contributed by atoms with van der Waals surface area (Å²) in [7, 11) is 0. The lowest BCUT2D eigenvalue weighted by Crippen LogP contribution is -1.90. The smallest absolute Gasteiger partial charge is 0.124 e. The predicted molar refractivity (Wildman–Crippen MR) is 88.2 cm³/mol. The Hall–Kier alpha value is -1.39. The normalized spacial score (nSPS) is 15.0. The standard InChI is InChI=1S/C17H12BrFOS/c18-17(12-2-4-14-10(7-12)5-6-20-14)16-8-11-1-3-13(19)9-15(11)21-16/h1-4,7-9,17H,5-6H2. The van der Waals surface area contributed by atoms with Gasteiger partial charge in [-0.3, -0.25) is 0 Å². The van der Waals surface area contributed by atoms with Crippen molar-refractivity contribution in [3.63, 3.8) is 0 Å². The van der Waals surface area contributed by atoms with Crippen molar-refractivity contribution in [3.8, 4) is 5.75 Å². The van der Waals surface area contributed by atoms with Crippen molar-refractivity contribution >= 4 is 37.4 Å². The molecule has 1 nitrogen and oxygen atoms in total. The Bertz CT molecular complexity index is 827. The molecule has 1 unspecified atom stereocenters. The lowest BCUT2D eigenvalue weighted by Gasteiger charge is -2.09. The average Bonchev–Trinajstić information content (AvgIpc) is 3.11. The van der Waals surface area contributed by atoms with Gasteiger partial charge in [0, 0.05) is 16.0 Å². The van der Waals surface area contributed by atoms with Crippen LogP contribution in [0.3, 0.4) is 0 Å². The van der Waals surface area contributed by atoms with Crippen molar-refractivity contribution in [3.05, 3.63) is 64.3 Å². The lowest BCUT2D eigenvalue weighted by molar-refractivity contribution is 0.357. The van der Waals surface area contributed by atoms with Gasteiger partial charge in [0.2, 0.25) is 0 Å². The third-order valence-electron chi connectivity index (χ3n) is 3.76. The van der Waals surface area contributed by atoms with Gasteiger partial charge in [0.1, 0.15) is 11.6 Å². The van der Waals surface area contributed by atoms with Gasteiger partial charge in [-0.1, -0.05) is 34.1 Å². The fourth-order valence-corrected chi connectivity index (χ4v) is 4.47. The lowest BCUT2D eigenvalue weighted by atomic mass is 10.1. The summed E-state index contributed by atoms with van der Waals surface area (Å²) in [5.41, 5.74) is 2.48. The van der Waals surface area contributed by atoms with E-state index in [1.165, 1.54) is 22.1 Å². The monoisotopic (exact) mass is 362 g/mol. The molecule has 0 saturated carbocycles. The first-order valence-electron chi connectivity index (χ1n) is 6.79. The van der Waals surface area contributed by atoms with E-state index >= 15 is 0 Å². The Kier molecular flexibility index (Phi) is 3.23. The molecule has 1 atom stereocenters. The van der Waals surface area contributed by atoms with Crippen LogP contribution in [-0.2, 0) is 6.42 Å². The molecule has 0 saturated heterocycles. The largest absolute Gasteiger partial charge is 0.493 e. The van der Waals surface area contributed by atoms with Gasteiger partial charge in [0.05, 0.1) is 11.4 Å². The Morgan fingerprint density at radius 2 is 2.05 bits per heavy atom. The van der Waals surface area contributed by atoms with Crippen molar-refractivity contribution < 1.29 is 9.13 Å². The van der Waals surface area contributed by atoms with Crippen LogP contribution in [0.2, 0.25) is 0 Å². The molecule has 4 rings (SSSR count). The topological polar surface area (TPSA) is 9.23 Å². The van der Waals surface area contributed by atoms with Crippen molar-refractivity contribution in [1.29, 1.82) is 0 Å². The molecule has 1 aliphatic heterocycles. The maximum atomic E-state index is 13.3. The third kappa shape index (κ3) is 2.36. The minimum absolute atomic E-state index is 0.129. The minimum Gasteiger partial charge on any atom is -0.493 e. The first kappa shape index (κ1) is 13.3. The molecule has 0 radical (unpaired) electrons. The fourth-order valence-electron chi connectivity index (χ4n) is 2.68. The van der Waals surface area contributed by atoms with Crippen LogP contribution in [0.25, 0.3) is 10.1 Å².